The summed E-state index contributed by atoms with van der Waals surface area (Å²) in [5.41, 5.74) is 7.49. The first-order chi connectivity index (χ1) is 9.22. The molecule has 0 bridgehead atoms. The topological polar surface area (TPSA) is 69.4 Å². The molecule has 0 radical (unpaired) electrons. The highest BCUT2D eigenvalue weighted by atomic mass is 16.5. The number of benzene rings is 1. The maximum absolute atomic E-state index is 5.54. The minimum atomic E-state index is 0.507. The highest BCUT2D eigenvalue weighted by Crippen LogP contribution is 2.25. The molecule has 0 aliphatic heterocycles. The van der Waals surface area contributed by atoms with Crippen molar-refractivity contribution < 1.29 is 9.47 Å². The minimum Gasteiger partial charge on any atom is -0.497 e. The largest absolute Gasteiger partial charge is 0.497 e. The summed E-state index contributed by atoms with van der Waals surface area (Å²) in [5, 5.41) is 3.26. The number of pyridine rings is 1. The van der Waals surface area contributed by atoms with Gasteiger partial charge in [0.1, 0.15) is 17.3 Å². The number of rotatable bonds is 5. The van der Waals surface area contributed by atoms with E-state index in [9.17, 15) is 0 Å². The van der Waals surface area contributed by atoms with E-state index in [-0.39, 0.29) is 0 Å². The van der Waals surface area contributed by atoms with Crippen molar-refractivity contribution in [3.63, 3.8) is 0 Å². The van der Waals surface area contributed by atoms with Crippen LogP contribution in [0, 0.1) is 0 Å². The first kappa shape index (κ1) is 13.0. The highest BCUT2D eigenvalue weighted by Gasteiger charge is 2.04. The fraction of sp³-hybridized carbons (Fsp3) is 0.214. The molecule has 1 aromatic heterocycles. The van der Waals surface area contributed by atoms with E-state index in [2.05, 4.69) is 10.3 Å². The molecule has 0 aliphatic carbocycles. The van der Waals surface area contributed by atoms with E-state index in [4.69, 9.17) is 15.2 Å². The fourth-order valence-electron chi connectivity index (χ4n) is 1.71. The summed E-state index contributed by atoms with van der Waals surface area (Å²) >= 11 is 0. The molecule has 0 amide bonds. The molecule has 0 saturated carbocycles. The Hall–Kier alpha value is -2.43. The molecule has 0 fully saturated rings. The summed E-state index contributed by atoms with van der Waals surface area (Å²) < 4.78 is 10.5. The molecule has 19 heavy (non-hydrogen) atoms. The van der Waals surface area contributed by atoms with E-state index in [0.717, 1.165) is 22.7 Å². The number of aromatic nitrogens is 1. The molecule has 0 unspecified atom stereocenters. The van der Waals surface area contributed by atoms with Gasteiger partial charge in [-0.1, -0.05) is 0 Å². The molecule has 2 rings (SSSR count). The number of ether oxygens (including phenoxy) is 2. The van der Waals surface area contributed by atoms with Crippen molar-refractivity contribution in [1.29, 1.82) is 0 Å². The molecule has 5 heteroatoms. The average Bonchev–Trinajstić information content (AvgIpc) is 2.46. The molecule has 0 aliphatic rings. The lowest BCUT2D eigenvalue weighted by Crippen LogP contribution is -2.02. The van der Waals surface area contributed by atoms with Gasteiger partial charge in [-0.25, -0.2) is 4.98 Å². The molecule has 0 atom stereocenters. The molecule has 3 N–H and O–H groups in total. The molecule has 1 heterocycles. The average molecular weight is 259 g/mol. The first-order valence-corrected chi connectivity index (χ1v) is 5.89. The van der Waals surface area contributed by atoms with Crippen LogP contribution in [0.25, 0.3) is 0 Å². The van der Waals surface area contributed by atoms with Gasteiger partial charge in [0, 0.05) is 18.2 Å². The van der Waals surface area contributed by atoms with Crippen LogP contribution in [-0.2, 0) is 6.54 Å². The third-order valence-corrected chi connectivity index (χ3v) is 2.76. The Morgan fingerprint density at radius 1 is 1.16 bits per heavy atom. The lowest BCUT2D eigenvalue weighted by molar-refractivity contribution is 0.391. The van der Waals surface area contributed by atoms with E-state index < -0.39 is 0 Å². The zero-order valence-corrected chi connectivity index (χ0v) is 11.0. The number of nitrogens with one attached hydrogen (secondary N) is 1. The number of nitrogens with zero attached hydrogens (tertiary/aromatic N) is 1. The molecule has 0 saturated heterocycles. The SMILES string of the molecule is COc1ccc(CNc2ccc(N)nc2)c(OC)c1. The fourth-order valence-corrected chi connectivity index (χ4v) is 1.71. The van der Waals surface area contributed by atoms with Crippen molar-refractivity contribution in [2.75, 3.05) is 25.3 Å². The third-order valence-electron chi connectivity index (χ3n) is 2.76. The van der Waals surface area contributed by atoms with Gasteiger partial charge in [0.2, 0.25) is 0 Å². The minimum absolute atomic E-state index is 0.507. The van der Waals surface area contributed by atoms with Gasteiger partial charge in [0.15, 0.2) is 0 Å². The van der Waals surface area contributed by atoms with Crippen LogP contribution >= 0.6 is 0 Å². The second kappa shape index (κ2) is 5.95. The van der Waals surface area contributed by atoms with Crippen LogP contribution in [0.5, 0.6) is 11.5 Å². The molecule has 5 nitrogen and oxygen atoms in total. The lowest BCUT2D eigenvalue weighted by Gasteiger charge is -2.12. The quantitative estimate of drug-likeness (QED) is 0.862. The second-order valence-electron chi connectivity index (χ2n) is 4.00. The Labute approximate surface area is 112 Å². The highest BCUT2D eigenvalue weighted by molar-refractivity contribution is 5.48. The van der Waals surface area contributed by atoms with Crippen LogP contribution in [0.4, 0.5) is 11.5 Å². The third kappa shape index (κ3) is 3.28. The van der Waals surface area contributed by atoms with Gasteiger partial charge in [-0.3, -0.25) is 0 Å². The molecule has 0 spiro atoms. The van der Waals surface area contributed by atoms with Gasteiger partial charge >= 0.3 is 0 Å². The van der Waals surface area contributed by atoms with Gasteiger partial charge < -0.3 is 20.5 Å². The van der Waals surface area contributed by atoms with Crippen LogP contribution in [0.2, 0.25) is 0 Å². The molecule has 100 valence electrons. The van der Waals surface area contributed by atoms with Gasteiger partial charge in [-0.15, -0.1) is 0 Å². The zero-order chi connectivity index (χ0) is 13.7. The van der Waals surface area contributed by atoms with Gasteiger partial charge in [-0.2, -0.15) is 0 Å². The predicted molar refractivity (Wildman–Crippen MR) is 75.5 cm³/mol. The maximum atomic E-state index is 5.54. The Balaban J connectivity index is 2.08. The first-order valence-electron chi connectivity index (χ1n) is 5.89. The number of nitrogen functional groups attached to an aromatic ring is 1. The van der Waals surface area contributed by atoms with E-state index in [1.807, 2.05) is 24.3 Å². The van der Waals surface area contributed by atoms with Gasteiger partial charge in [-0.05, 0) is 24.3 Å². The Bertz CT molecular complexity index is 541. The molecule has 1 aromatic carbocycles. The number of methoxy groups -OCH3 is 2. The Kier molecular flexibility index (Phi) is 4.07. The number of anilines is 2. The smallest absolute Gasteiger partial charge is 0.127 e. The van der Waals surface area contributed by atoms with Crippen molar-refractivity contribution in [3.8, 4) is 11.5 Å². The summed E-state index contributed by atoms with van der Waals surface area (Å²) in [6, 6.07) is 9.38. The summed E-state index contributed by atoms with van der Waals surface area (Å²) in [6.45, 7) is 0.638. The number of hydrogen-bond acceptors (Lipinski definition) is 5. The van der Waals surface area contributed by atoms with Crippen molar-refractivity contribution in [2.24, 2.45) is 0 Å². The monoisotopic (exact) mass is 259 g/mol. The van der Waals surface area contributed by atoms with E-state index in [0.29, 0.717) is 12.4 Å². The molecule has 2 aromatic rings. The maximum Gasteiger partial charge on any atom is 0.127 e. The summed E-state index contributed by atoms with van der Waals surface area (Å²) in [7, 11) is 3.27. The Morgan fingerprint density at radius 2 is 2.00 bits per heavy atom. The van der Waals surface area contributed by atoms with Crippen LogP contribution in [0.1, 0.15) is 5.56 Å². The van der Waals surface area contributed by atoms with Crippen molar-refractivity contribution in [1.82, 2.24) is 4.98 Å². The van der Waals surface area contributed by atoms with Gasteiger partial charge in [0.25, 0.3) is 0 Å². The van der Waals surface area contributed by atoms with Crippen LogP contribution in [0.3, 0.4) is 0 Å². The van der Waals surface area contributed by atoms with Crippen molar-refractivity contribution in [2.45, 2.75) is 6.54 Å². The second-order valence-corrected chi connectivity index (χ2v) is 4.00. The van der Waals surface area contributed by atoms with E-state index in [1.54, 1.807) is 26.5 Å². The number of nitrogens with two attached hydrogens (primary N) is 1. The lowest BCUT2D eigenvalue weighted by atomic mass is 10.2. The van der Waals surface area contributed by atoms with Crippen molar-refractivity contribution >= 4 is 11.5 Å². The molecular formula is C14H17N3O2. The summed E-state index contributed by atoms with van der Waals surface area (Å²) in [6.07, 6.45) is 1.70. The van der Waals surface area contributed by atoms with Gasteiger partial charge in [0.05, 0.1) is 26.1 Å². The number of hydrogen-bond donors (Lipinski definition) is 2. The zero-order valence-electron chi connectivity index (χ0n) is 11.0. The summed E-state index contributed by atoms with van der Waals surface area (Å²) in [5.74, 6) is 2.07. The standard InChI is InChI=1S/C14H17N3O2/c1-18-12-5-3-10(13(7-12)19-2)8-16-11-4-6-14(15)17-9-11/h3-7,9,16H,8H2,1-2H3,(H2,15,17). The van der Waals surface area contributed by atoms with Crippen LogP contribution in [0.15, 0.2) is 36.5 Å². The van der Waals surface area contributed by atoms with E-state index >= 15 is 0 Å². The van der Waals surface area contributed by atoms with E-state index in [1.165, 1.54) is 0 Å². The van der Waals surface area contributed by atoms with Crippen LogP contribution in [-0.4, -0.2) is 19.2 Å². The predicted octanol–water partition coefficient (Wildman–Crippen LogP) is 2.29. The Morgan fingerprint density at radius 3 is 2.63 bits per heavy atom. The van der Waals surface area contributed by atoms with Crippen LogP contribution < -0.4 is 20.5 Å². The molecular weight excluding hydrogens is 242 g/mol. The summed E-state index contributed by atoms with van der Waals surface area (Å²) in [4.78, 5) is 4.03. The normalized spacial score (nSPS) is 10.0. The van der Waals surface area contributed by atoms with Crippen molar-refractivity contribution in [3.05, 3.63) is 42.1 Å².